The summed E-state index contributed by atoms with van der Waals surface area (Å²) in [6.45, 7) is 14.2. The maximum atomic E-state index is 4.84. The molecule has 1 N–H and O–H groups in total. The number of aromatic nitrogens is 2. The molecule has 5 nitrogen and oxygen atoms in total. The van der Waals surface area contributed by atoms with E-state index in [2.05, 4.69) is 35.9 Å². The van der Waals surface area contributed by atoms with Crippen LogP contribution in [-0.4, -0.2) is 59.0 Å². The molecule has 1 unspecified atom stereocenters. The zero-order valence-electron chi connectivity index (χ0n) is 13.5. The molecule has 116 valence electrons. The van der Waals surface area contributed by atoms with E-state index >= 15 is 0 Å². The Morgan fingerprint density at radius 3 is 2.29 bits per heavy atom. The Morgan fingerprint density at radius 1 is 1.10 bits per heavy atom. The van der Waals surface area contributed by atoms with E-state index in [1.54, 1.807) is 0 Å². The topological polar surface area (TPSA) is 44.3 Å². The van der Waals surface area contributed by atoms with Gasteiger partial charge >= 0.3 is 0 Å². The fourth-order valence-electron chi connectivity index (χ4n) is 3.42. The standard InChI is InChI=1S/C16H27N5/c1-4-5-17-10-14-12(2)18-16(19-13(14)3)15-11-20-6-8-21(15)9-7-20/h15,17H,4-11H2,1-3H3. The molecular weight excluding hydrogens is 262 g/mol. The van der Waals surface area contributed by atoms with Gasteiger partial charge in [-0.3, -0.25) is 9.80 Å². The van der Waals surface area contributed by atoms with E-state index in [9.17, 15) is 0 Å². The molecule has 0 aliphatic carbocycles. The second-order valence-electron chi connectivity index (χ2n) is 6.26. The van der Waals surface area contributed by atoms with Crippen molar-refractivity contribution in [1.82, 2.24) is 25.1 Å². The van der Waals surface area contributed by atoms with Gasteiger partial charge in [-0.2, -0.15) is 0 Å². The zero-order chi connectivity index (χ0) is 14.8. The molecule has 1 aromatic rings. The van der Waals surface area contributed by atoms with Gasteiger partial charge in [0, 0.05) is 56.2 Å². The third kappa shape index (κ3) is 3.10. The molecule has 0 aromatic carbocycles. The first-order valence-electron chi connectivity index (χ1n) is 8.20. The van der Waals surface area contributed by atoms with Crippen molar-refractivity contribution in [3.05, 3.63) is 22.8 Å². The van der Waals surface area contributed by atoms with Crippen LogP contribution < -0.4 is 5.32 Å². The average molecular weight is 289 g/mol. The molecule has 1 aromatic heterocycles. The van der Waals surface area contributed by atoms with E-state index in [1.165, 1.54) is 18.7 Å². The SMILES string of the molecule is CCCNCc1c(C)nc(C2CN3CCN2CC3)nc1C. The molecule has 0 amide bonds. The number of piperazine rings is 3. The van der Waals surface area contributed by atoms with Gasteiger partial charge in [-0.15, -0.1) is 0 Å². The number of nitrogens with zero attached hydrogens (tertiary/aromatic N) is 4. The molecule has 1 atom stereocenters. The van der Waals surface area contributed by atoms with Gasteiger partial charge in [0.2, 0.25) is 0 Å². The van der Waals surface area contributed by atoms with Crippen LogP contribution in [-0.2, 0) is 6.54 Å². The van der Waals surface area contributed by atoms with E-state index in [0.29, 0.717) is 6.04 Å². The minimum Gasteiger partial charge on any atom is -0.313 e. The third-order valence-corrected chi connectivity index (χ3v) is 4.74. The lowest BCUT2D eigenvalue weighted by Crippen LogP contribution is -2.57. The number of hydrogen-bond donors (Lipinski definition) is 1. The lowest BCUT2D eigenvalue weighted by Gasteiger charge is -2.46. The molecular formula is C16H27N5. The van der Waals surface area contributed by atoms with E-state index in [-0.39, 0.29) is 0 Å². The van der Waals surface area contributed by atoms with Crippen molar-refractivity contribution >= 4 is 0 Å². The highest BCUT2D eigenvalue weighted by atomic mass is 15.4. The minimum atomic E-state index is 0.391. The van der Waals surface area contributed by atoms with E-state index in [1.807, 2.05) is 0 Å². The highest BCUT2D eigenvalue weighted by molar-refractivity contribution is 5.25. The number of fused-ring (bicyclic) bond motifs is 3. The summed E-state index contributed by atoms with van der Waals surface area (Å²) in [5.74, 6) is 1.02. The highest BCUT2D eigenvalue weighted by Gasteiger charge is 2.34. The number of rotatable bonds is 5. The van der Waals surface area contributed by atoms with Crippen molar-refractivity contribution in [1.29, 1.82) is 0 Å². The predicted molar refractivity (Wildman–Crippen MR) is 84.3 cm³/mol. The van der Waals surface area contributed by atoms with Crippen LogP contribution in [0.2, 0.25) is 0 Å². The number of nitrogens with one attached hydrogen (secondary N) is 1. The van der Waals surface area contributed by atoms with Crippen molar-refractivity contribution in [2.24, 2.45) is 0 Å². The van der Waals surface area contributed by atoms with Gasteiger partial charge in [0.25, 0.3) is 0 Å². The number of aryl methyl sites for hydroxylation is 2. The first kappa shape index (κ1) is 14.9. The largest absolute Gasteiger partial charge is 0.313 e. The molecule has 0 spiro atoms. The van der Waals surface area contributed by atoms with E-state index in [0.717, 1.165) is 56.4 Å². The Labute approximate surface area is 127 Å². The van der Waals surface area contributed by atoms with Crippen molar-refractivity contribution in [3.8, 4) is 0 Å². The van der Waals surface area contributed by atoms with Crippen LogP contribution >= 0.6 is 0 Å². The minimum absolute atomic E-state index is 0.391. The Balaban J connectivity index is 1.78. The molecule has 3 aliphatic rings. The summed E-state index contributed by atoms with van der Waals surface area (Å²) in [4.78, 5) is 14.8. The second-order valence-corrected chi connectivity index (χ2v) is 6.26. The Morgan fingerprint density at radius 2 is 1.76 bits per heavy atom. The lowest BCUT2D eigenvalue weighted by atomic mass is 10.1. The van der Waals surface area contributed by atoms with Gasteiger partial charge in [-0.1, -0.05) is 6.92 Å². The monoisotopic (exact) mass is 289 g/mol. The Bertz CT molecular complexity index is 470. The molecule has 2 bridgehead atoms. The van der Waals surface area contributed by atoms with Crippen molar-refractivity contribution in [3.63, 3.8) is 0 Å². The van der Waals surface area contributed by atoms with Crippen molar-refractivity contribution in [2.75, 3.05) is 39.3 Å². The summed E-state index contributed by atoms with van der Waals surface area (Å²) in [6.07, 6.45) is 1.16. The molecule has 3 saturated heterocycles. The van der Waals surface area contributed by atoms with E-state index in [4.69, 9.17) is 9.97 Å². The summed E-state index contributed by atoms with van der Waals surface area (Å²) < 4.78 is 0. The van der Waals surface area contributed by atoms with Crippen LogP contribution in [0.25, 0.3) is 0 Å². The quantitative estimate of drug-likeness (QED) is 0.827. The van der Waals surface area contributed by atoms with Crippen LogP contribution in [0.3, 0.4) is 0 Å². The summed E-state index contributed by atoms with van der Waals surface area (Å²) in [5.41, 5.74) is 3.54. The summed E-state index contributed by atoms with van der Waals surface area (Å²) in [5, 5.41) is 3.46. The Kier molecular flexibility index (Phi) is 4.52. The van der Waals surface area contributed by atoms with Crippen LogP contribution in [0.5, 0.6) is 0 Å². The molecule has 3 fully saturated rings. The molecule has 0 radical (unpaired) electrons. The molecule has 4 heterocycles. The van der Waals surface area contributed by atoms with Gasteiger partial charge < -0.3 is 5.32 Å². The third-order valence-electron chi connectivity index (χ3n) is 4.74. The van der Waals surface area contributed by atoms with Crippen LogP contribution in [0.15, 0.2) is 0 Å². The van der Waals surface area contributed by atoms with Gasteiger partial charge in [0.05, 0.1) is 6.04 Å². The van der Waals surface area contributed by atoms with Crippen molar-refractivity contribution < 1.29 is 0 Å². The molecule has 3 aliphatic heterocycles. The highest BCUT2D eigenvalue weighted by Crippen LogP contribution is 2.27. The fraction of sp³-hybridized carbons (Fsp3) is 0.750. The van der Waals surface area contributed by atoms with Crippen LogP contribution in [0.4, 0.5) is 0 Å². The van der Waals surface area contributed by atoms with E-state index < -0.39 is 0 Å². The van der Waals surface area contributed by atoms with Gasteiger partial charge in [-0.05, 0) is 26.8 Å². The van der Waals surface area contributed by atoms with Crippen LogP contribution in [0, 0.1) is 13.8 Å². The summed E-state index contributed by atoms with van der Waals surface area (Å²) in [6, 6.07) is 0.391. The smallest absolute Gasteiger partial charge is 0.147 e. The van der Waals surface area contributed by atoms with Gasteiger partial charge in [0.15, 0.2) is 0 Å². The predicted octanol–water partition coefficient (Wildman–Crippen LogP) is 1.27. The van der Waals surface area contributed by atoms with Crippen molar-refractivity contribution in [2.45, 2.75) is 39.8 Å². The first-order valence-corrected chi connectivity index (χ1v) is 8.20. The molecule has 5 heteroatoms. The van der Waals surface area contributed by atoms with Gasteiger partial charge in [-0.25, -0.2) is 9.97 Å². The fourth-order valence-corrected chi connectivity index (χ4v) is 3.42. The van der Waals surface area contributed by atoms with Crippen LogP contribution in [0.1, 0.15) is 42.2 Å². The number of hydrogen-bond acceptors (Lipinski definition) is 5. The second kappa shape index (κ2) is 6.38. The maximum Gasteiger partial charge on any atom is 0.147 e. The first-order chi connectivity index (χ1) is 10.2. The molecule has 21 heavy (non-hydrogen) atoms. The molecule has 4 rings (SSSR count). The average Bonchev–Trinajstić information content (AvgIpc) is 2.51. The lowest BCUT2D eigenvalue weighted by molar-refractivity contribution is 0.00849. The normalized spacial score (nSPS) is 28.0. The van der Waals surface area contributed by atoms with Gasteiger partial charge in [0.1, 0.15) is 5.82 Å². The zero-order valence-corrected chi connectivity index (χ0v) is 13.5. The maximum absolute atomic E-state index is 4.84. The molecule has 0 saturated carbocycles. The summed E-state index contributed by atoms with van der Waals surface area (Å²) in [7, 11) is 0. The Hall–Kier alpha value is -1.04. The summed E-state index contributed by atoms with van der Waals surface area (Å²) >= 11 is 0.